The maximum Gasteiger partial charge on any atom is 0.354 e. The third-order valence-electron chi connectivity index (χ3n) is 6.22. The van der Waals surface area contributed by atoms with E-state index in [0.29, 0.717) is 5.56 Å². The van der Waals surface area contributed by atoms with Crippen molar-refractivity contribution < 1.29 is 34.1 Å². The number of nitrogens with zero attached hydrogens (tertiary/aromatic N) is 2. The molecule has 2 atom stereocenters. The van der Waals surface area contributed by atoms with E-state index in [1.54, 1.807) is 0 Å². The van der Waals surface area contributed by atoms with E-state index in [2.05, 4.69) is 10.4 Å². The Bertz CT molecular complexity index is 1520. The Morgan fingerprint density at radius 1 is 0.925 bits per heavy atom. The Kier molecular flexibility index (Phi) is 8.93. The molecule has 3 aromatic carbocycles. The number of hydrogen-bond acceptors (Lipinski definition) is 5. The van der Waals surface area contributed by atoms with E-state index in [-0.39, 0.29) is 35.8 Å². The van der Waals surface area contributed by atoms with Crippen molar-refractivity contribution in [1.82, 2.24) is 15.1 Å². The summed E-state index contributed by atoms with van der Waals surface area (Å²) in [6.45, 7) is -0.0934. The van der Waals surface area contributed by atoms with E-state index < -0.39 is 35.8 Å². The first-order chi connectivity index (χ1) is 19.1. The highest BCUT2D eigenvalue weighted by molar-refractivity contribution is 6.30. The van der Waals surface area contributed by atoms with Gasteiger partial charge in [-0.1, -0.05) is 72.3 Å². The molecule has 0 radical (unpaired) electrons. The van der Waals surface area contributed by atoms with Gasteiger partial charge in [0.1, 0.15) is 11.5 Å². The molecule has 40 heavy (non-hydrogen) atoms. The Morgan fingerprint density at radius 2 is 1.57 bits per heavy atom. The summed E-state index contributed by atoms with van der Waals surface area (Å²) in [6, 6.07) is 21.4. The number of amides is 1. The van der Waals surface area contributed by atoms with Crippen LogP contribution < -0.4 is 5.32 Å². The van der Waals surface area contributed by atoms with Crippen molar-refractivity contribution in [2.75, 3.05) is 0 Å². The smallest absolute Gasteiger partial charge is 0.354 e. The fourth-order valence-electron chi connectivity index (χ4n) is 4.20. The lowest BCUT2D eigenvalue weighted by Gasteiger charge is -2.20. The predicted molar refractivity (Wildman–Crippen MR) is 145 cm³/mol. The van der Waals surface area contributed by atoms with Gasteiger partial charge in [0, 0.05) is 18.5 Å². The number of carboxylic acid groups (broad SMARTS) is 2. The summed E-state index contributed by atoms with van der Waals surface area (Å²) >= 11 is 5.82. The number of carbonyl (C=O) groups excluding carboxylic acids is 1. The molecule has 0 aliphatic rings. The summed E-state index contributed by atoms with van der Waals surface area (Å²) in [5.74, 6) is -4.15. The maximum atomic E-state index is 13.5. The molecule has 4 aromatic rings. The first-order valence-electron chi connectivity index (χ1n) is 12.2. The van der Waals surface area contributed by atoms with E-state index in [1.807, 2.05) is 54.6 Å². The Labute approximate surface area is 233 Å². The topological polar surface area (TPSA) is 142 Å². The summed E-state index contributed by atoms with van der Waals surface area (Å²) in [5.41, 5.74) is 2.74. The van der Waals surface area contributed by atoms with Gasteiger partial charge in [0.2, 0.25) is 0 Å². The molecule has 0 saturated heterocycles. The van der Waals surface area contributed by atoms with Crippen LogP contribution in [0.3, 0.4) is 0 Å². The summed E-state index contributed by atoms with van der Waals surface area (Å²) in [6.07, 6.45) is -1.82. The zero-order valence-electron chi connectivity index (χ0n) is 21.0. The number of aromatic carboxylic acids is 1. The second kappa shape index (κ2) is 12.5. The minimum Gasteiger partial charge on any atom is -0.479 e. The molecular formula is C29H25ClFN3O6. The average molecular weight is 566 g/mol. The number of nitrogens with one attached hydrogen (secondary N) is 1. The Morgan fingerprint density at radius 3 is 2.20 bits per heavy atom. The van der Waals surface area contributed by atoms with Crippen LogP contribution in [0.1, 0.15) is 38.5 Å². The molecule has 1 unspecified atom stereocenters. The first kappa shape index (κ1) is 28.5. The van der Waals surface area contributed by atoms with Gasteiger partial charge in [-0.3, -0.25) is 9.48 Å². The highest BCUT2D eigenvalue weighted by Gasteiger charge is 2.25. The molecule has 0 bridgehead atoms. The Balaban J connectivity index is 1.53. The summed E-state index contributed by atoms with van der Waals surface area (Å²) in [5, 5.41) is 35.5. The first-order valence-corrected chi connectivity index (χ1v) is 12.6. The third kappa shape index (κ3) is 7.10. The van der Waals surface area contributed by atoms with Gasteiger partial charge in [0.25, 0.3) is 5.91 Å². The molecule has 1 amide bonds. The molecule has 9 nitrogen and oxygen atoms in total. The maximum absolute atomic E-state index is 13.5. The predicted octanol–water partition coefficient (Wildman–Crippen LogP) is 4.27. The van der Waals surface area contributed by atoms with Crippen LogP contribution in [0, 0.1) is 5.82 Å². The quantitative estimate of drug-likeness (QED) is 0.213. The highest BCUT2D eigenvalue weighted by Crippen LogP contribution is 2.21. The van der Waals surface area contributed by atoms with Gasteiger partial charge in [0.05, 0.1) is 11.6 Å². The minimum atomic E-state index is -1.73. The fourth-order valence-corrected chi connectivity index (χ4v) is 4.41. The number of carboxylic acids is 2. The van der Waals surface area contributed by atoms with Crippen molar-refractivity contribution in [2.45, 2.75) is 31.5 Å². The van der Waals surface area contributed by atoms with E-state index in [4.69, 9.17) is 11.6 Å². The molecule has 1 heterocycles. The third-order valence-corrected chi connectivity index (χ3v) is 6.51. The number of aromatic nitrogens is 2. The molecule has 4 N–H and O–H groups in total. The van der Waals surface area contributed by atoms with Crippen molar-refractivity contribution in [2.24, 2.45) is 0 Å². The van der Waals surface area contributed by atoms with Crippen LogP contribution in [0.2, 0.25) is 5.02 Å². The molecule has 0 saturated carbocycles. The van der Waals surface area contributed by atoms with Crippen LogP contribution in [0.15, 0.2) is 78.9 Å². The van der Waals surface area contributed by atoms with Gasteiger partial charge in [0.15, 0.2) is 11.8 Å². The van der Waals surface area contributed by atoms with E-state index >= 15 is 0 Å². The second-order valence-electron chi connectivity index (χ2n) is 9.15. The monoisotopic (exact) mass is 565 g/mol. The van der Waals surface area contributed by atoms with Crippen molar-refractivity contribution in [3.63, 3.8) is 0 Å². The Hall–Kier alpha value is -4.54. The van der Waals surface area contributed by atoms with Gasteiger partial charge in [-0.15, -0.1) is 0 Å². The van der Waals surface area contributed by atoms with E-state index in [1.165, 1.54) is 12.1 Å². The zero-order chi connectivity index (χ0) is 28.8. The molecule has 0 spiro atoms. The summed E-state index contributed by atoms with van der Waals surface area (Å²) in [7, 11) is 0. The van der Waals surface area contributed by atoms with Crippen molar-refractivity contribution >= 4 is 29.4 Å². The number of aliphatic hydroxyl groups excluding tert-OH is 1. The molecule has 0 aliphatic carbocycles. The molecule has 0 aliphatic heterocycles. The van der Waals surface area contributed by atoms with Gasteiger partial charge < -0.3 is 20.6 Å². The van der Waals surface area contributed by atoms with Crippen LogP contribution in [-0.2, 0) is 17.8 Å². The molecular weight excluding hydrogens is 541 g/mol. The number of aliphatic hydroxyl groups is 1. The minimum absolute atomic E-state index is 0.0934. The van der Waals surface area contributed by atoms with E-state index in [0.717, 1.165) is 33.5 Å². The number of hydrogen-bond donors (Lipinski definition) is 4. The van der Waals surface area contributed by atoms with Crippen LogP contribution >= 0.6 is 11.6 Å². The number of carbonyl (C=O) groups is 3. The molecule has 4 rings (SSSR count). The average Bonchev–Trinajstić information content (AvgIpc) is 3.36. The standard InChI is InChI=1S/C29H25ClFN3O6/c30-22-13-18(8-11-23(22)31)16-34-25(28(37)38)15-24(33-34)27(36)32-21(14-26(35)29(39)40)12-17-6-9-20(10-7-17)19-4-2-1-3-5-19/h1-11,13,15,21,26,35H,12,14,16H2,(H,32,36)(H,37,38)(H,39,40)/t21-,26?/m1/s1. The molecule has 0 fully saturated rings. The van der Waals surface area contributed by atoms with Crippen LogP contribution in [0.25, 0.3) is 11.1 Å². The summed E-state index contributed by atoms with van der Waals surface area (Å²) in [4.78, 5) is 36.2. The lowest BCUT2D eigenvalue weighted by Crippen LogP contribution is -2.40. The zero-order valence-corrected chi connectivity index (χ0v) is 21.8. The SMILES string of the molecule is O=C(N[C@H](Cc1ccc(-c2ccccc2)cc1)CC(O)C(=O)O)c1cc(C(=O)O)n(Cc2ccc(F)c(Cl)c2)n1. The van der Waals surface area contributed by atoms with Crippen molar-refractivity contribution in [3.8, 4) is 11.1 Å². The van der Waals surface area contributed by atoms with Crippen LogP contribution in [0.5, 0.6) is 0 Å². The second-order valence-corrected chi connectivity index (χ2v) is 9.56. The number of benzene rings is 3. The number of halogens is 2. The molecule has 1 aromatic heterocycles. The lowest BCUT2D eigenvalue weighted by molar-refractivity contribution is -0.147. The normalized spacial score (nSPS) is 12.5. The van der Waals surface area contributed by atoms with Gasteiger partial charge in [-0.2, -0.15) is 5.10 Å². The number of aliphatic carboxylic acids is 1. The highest BCUT2D eigenvalue weighted by atomic mass is 35.5. The van der Waals surface area contributed by atoms with Crippen LogP contribution in [-0.4, -0.2) is 55.1 Å². The largest absolute Gasteiger partial charge is 0.479 e. The lowest BCUT2D eigenvalue weighted by atomic mass is 9.97. The molecule has 11 heteroatoms. The van der Waals surface area contributed by atoms with E-state index in [9.17, 15) is 34.1 Å². The number of rotatable bonds is 11. The van der Waals surface area contributed by atoms with Crippen molar-refractivity contribution in [1.29, 1.82) is 0 Å². The van der Waals surface area contributed by atoms with Gasteiger partial charge >= 0.3 is 11.9 Å². The van der Waals surface area contributed by atoms with Crippen molar-refractivity contribution in [3.05, 3.63) is 112 Å². The van der Waals surface area contributed by atoms with Gasteiger partial charge in [-0.25, -0.2) is 14.0 Å². The van der Waals surface area contributed by atoms with Crippen LogP contribution in [0.4, 0.5) is 4.39 Å². The summed E-state index contributed by atoms with van der Waals surface area (Å²) < 4.78 is 14.6. The fraction of sp³-hybridized carbons (Fsp3) is 0.172. The molecule has 206 valence electrons. The van der Waals surface area contributed by atoms with Gasteiger partial charge in [-0.05, 0) is 40.8 Å².